The Morgan fingerprint density at radius 1 is 1.35 bits per heavy atom. The van der Waals surface area contributed by atoms with Crippen LogP contribution in [-0.2, 0) is 4.74 Å². The first-order chi connectivity index (χ1) is 10.7. The van der Waals surface area contributed by atoms with Gasteiger partial charge >= 0.3 is 6.09 Å². The third kappa shape index (κ3) is 5.88. The minimum atomic E-state index is -0.452. The van der Waals surface area contributed by atoms with E-state index in [9.17, 15) is 4.79 Å². The molecule has 0 bridgehead atoms. The Balaban J connectivity index is 1.93. The van der Waals surface area contributed by atoms with Gasteiger partial charge in [-0.1, -0.05) is 11.6 Å². The van der Waals surface area contributed by atoms with Crippen molar-refractivity contribution in [1.29, 1.82) is 0 Å². The average Bonchev–Trinajstić information content (AvgIpc) is 2.67. The molecule has 0 radical (unpaired) electrons. The van der Waals surface area contributed by atoms with E-state index in [4.69, 9.17) is 16.3 Å². The molecule has 1 aromatic carbocycles. The number of amides is 1. The molecule has 0 spiro atoms. The molecule has 1 heterocycles. The van der Waals surface area contributed by atoms with Gasteiger partial charge in [0.05, 0.1) is 5.69 Å². The third-order valence-electron chi connectivity index (χ3n) is 3.67. The summed E-state index contributed by atoms with van der Waals surface area (Å²) in [4.78, 5) is 14.0. The van der Waals surface area contributed by atoms with Crippen LogP contribution in [0, 0.1) is 0 Å². The number of nitrogens with one attached hydrogen (secondary N) is 1. The Morgan fingerprint density at radius 3 is 2.78 bits per heavy atom. The first-order valence-corrected chi connectivity index (χ1v) is 9.11. The van der Waals surface area contributed by atoms with Crippen molar-refractivity contribution in [3.63, 3.8) is 0 Å². The van der Waals surface area contributed by atoms with Gasteiger partial charge in [0.25, 0.3) is 0 Å². The molecule has 2 rings (SSSR count). The van der Waals surface area contributed by atoms with Crippen LogP contribution in [0.1, 0.15) is 40.0 Å². The number of likely N-dealkylation sites (tertiary alicyclic amines) is 1. The summed E-state index contributed by atoms with van der Waals surface area (Å²) in [6.07, 6.45) is 2.63. The highest BCUT2D eigenvalue weighted by atomic mass is 79.9. The molecule has 1 aliphatic rings. The number of ether oxygens (including phenoxy) is 1. The van der Waals surface area contributed by atoms with E-state index in [0.29, 0.717) is 17.6 Å². The van der Waals surface area contributed by atoms with E-state index in [-0.39, 0.29) is 6.09 Å². The fourth-order valence-corrected chi connectivity index (χ4v) is 3.11. The van der Waals surface area contributed by atoms with Crippen molar-refractivity contribution < 1.29 is 9.53 Å². The Bertz CT molecular complexity index is 560. The van der Waals surface area contributed by atoms with Gasteiger partial charge in [0.2, 0.25) is 0 Å². The Kier molecular flexibility index (Phi) is 6.20. The van der Waals surface area contributed by atoms with Crippen molar-refractivity contribution in [2.45, 2.75) is 51.7 Å². The lowest BCUT2D eigenvalue weighted by molar-refractivity contribution is 0.0256. The minimum absolute atomic E-state index is 0.220. The second-order valence-corrected chi connectivity index (χ2v) is 8.15. The number of anilines is 1. The van der Waals surface area contributed by atoms with E-state index in [1.807, 2.05) is 39.0 Å². The van der Waals surface area contributed by atoms with Crippen LogP contribution < -0.4 is 5.32 Å². The molecule has 1 unspecified atom stereocenters. The van der Waals surface area contributed by atoms with Crippen molar-refractivity contribution >= 4 is 39.3 Å². The van der Waals surface area contributed by atoms with Crippen molar-refractivity contribution in [3.8, 4) is 0 Å². The highest BCUT2D eigenvalue weighted by Crippen LogP contribution is 2.28. The molecule has 0 aliphatic carbocycles. The molecule has 1 fully saturated rings. The summed E-state index contributed by atoms with van der Waals surface area (Å²) in [6, 6.07) is 6.03. The Hall–Kier alpha value is -0.940. The number of carbonyl (C=O) groups is 1. The van der Waals surface area contributed by atoms with Gasteiger partial charge in [0.15, 0.2) is 0 Å². The zero-order valence-corrected chi connectivity index (χ0v) is 16.2. The van der Waals surface area contributed by atoms with E-state index >= 15 is 0 Å². The predicted octanol–water partition coefficient (Wildman–Crippen LogP) is 5.30. The number of rotatable bonds is 2. The SMILES string of the molecule is CC(C)(C)OC(=O)N1CCCC(Nc2cc(Cl)ccc2Br)CC1. The lowest BCUT2D eigenvalue weighted by Gasteiger charge is -2.26. The maximum atomic E-state index is 12.2. The summed E-state index contributed by atoms with van der Waals surface area (Å²) >= 11 is 9.60. The number of carbonyl (C=O) groups excluding carboxylic acids is 1. The summed E-state index contributed by atoms with van der Waals surface area (Å²) in [7, 11) is 0. The predicted molar refractivity (Wildman–Crippen MR) is 98.2 cm³/mol. The van der Waals surface area contributed by atoms with Crippen LogP contribution in [0.25, 0.3) is 0 Å². The van der Waals surface area contributed by atoms with E-state index in [1.165, 1.54) is 0 Å². The molecule has 1 N–H and O–H groups in total. The molecule has 1 saturated heterocycles. The van der Waals surface area contributed by atoms with E-state index in [0.717, 1.165) is 36.0 Å². The average molecular weight is 404 g/mol. The zero-order valence-electron chi connectivity index (χ0n) is 13.9. The lowest BCUT2D eigenvalue weighted by atomic mass is 10.1. The second kappa shape index (κ2) is 7.75. The number of hydrogen-bond acceptors (Lipinski definition) is 3. The zero-order chi connectivity index (χ0) is 17.0. The van der Waals surface area contributed by atoms with Crippen molar-refractivity contribution in [3.05, 3.63) is 27.7 Å². The highest BCUT2D eigenvalue weighted by Gasteiger charge is 2.25. The summed E-state index contributed by atoms with van der Waals surface area (Å²) in [5.74, 6) is 0. The van der Waals surface area contributed by atoms with Gasteiger partial charge in [-0.3, -0.25) is 0 Å². The first kappa shape index (κ1) is 18.4. The number of nitrogens with zero attached hydrogens (tertiary/aromatic N) is 1. The molecule has 1 atom stereocenters. The topological polar surface area (TPSA) is 41.6 Å². The van der Waals surface area contributed by atoms with Gasteiger partial charge in [-0.25, -0.2) is 4.79 Å². The van der Waals surface area contributed by atoms with Crippen LogP contribution in [0.4, 0.5) is 10.5 Å². The molecule has 0 saturated carbocycles. The number of benzene rings is 1. The molecule has 1 amide bonds. The van der Waals surface area contributed by atoms with Gasteiger partial charge in [-0.15, -0.1) is 0 Å². The van der Waals surface area contributed by atoms with Gasteiger partial charge in [0.1, 0.15) is 5.60 Å². The summed E-state index contributed by atoms with van der Waals surface area (Å²) < 4.78 is 6.46. The van der Waals surface area contributed by atoms with Crippen molar-refractivity contribution in [2.24, 2.45) is 0 Å². The standard InChI is InChI=1S/C17H24BrClN2O2/c1-17(2,3)23-16(22)21-9-4-5-13(8-10-21)20-15-11-12(19)6-7-14(15)18/h6-7,11,13,20H,4-5,8-10H2,1-3H3. The minimum Gasteiger partial charge on any atom is -0.444 e. The maximum Gasteiger partial charge on any atom is 0.410 e. The molecular formula is C17H24BrClN2O2. The van der Waals surface area contributed by atoms with Crippen LogP contribution in [0.2, 0.25) is 5.02 Å². The molecule has 0 aromatic heterocycles. The lowest BCUT2D eigenvalue weighted by Crippen LogP contribution is -2.37. The molecule has 23 heavy (non-hydrogen) atoms. The monoisotopic (exact) mass is 402 g/mol. The summed E-state index contributed by atoms with van der Waals surface area (Å²) in [6.45, 7) is 7.12. The summed E-state index contributed by atoms with van der Waals surface area (Å²) in [5, 5.41) is 4.24. The van der Waals surface area contributed by atoms with Gasteiger partial charge in [-0.2, -0.15) is 0 Å². The van der Waals surface area contributed by atoms with Crippen LogP contribution in [0.5, 0.6) is 0 Å². The molecular weight excluding hydrogens is 380 g/mol. The second-order valence-electron chi connectivity index (χ2n) is 6.86. The van der Waals surface area contributed by atoms with Crippen LogP contribution >= 0.6 is 27.5 Å². The van der Waals surface area contributed by atoms with Crippen LogP contribution in [0.15, 0.2) is 22.7 Å². The van der Waals surface area contributed by atoms with E-state index in [1.54, 1.807) is 4.90 Å². The normalized spacial score (nSPS) is 19.2. The number of halogens is 2. The highest BCUT2D eigenvalue weighted by molar-refractivity contribution is 9.10. The quantitative estimate of drug-likeness (QED) is 0.728. The smallest absolute Gasteiger partial charge is 0.410 e. The molecule has 1 aliphatic heterocycles. The fraction of sp³-hybridized carbons (Fsp3) is 0.588. The van der Waals surface area contributed by atoms with Crippen LogP contribution in [-0.4, -0.2) is 35.7 Å². The first-order valence-electron chi connectivity index (χ1n) is 7.94. The molecule has 128 valence electrons. The third-order valence-corrected chi connectivity index (χ3v) is 4.59. The van der Waals surface area contributed by atoms with Crippen LogP contribution in [0.3, 0.4) is 0 Å². The Morgan fingerprint density at radius 2 is 2.09 bits per heavy atom. The molecule has 1 aromatic rings. The van der Waals surface area contributed by atoms with E-state index < -0.39 is 5.60 Å². The number of hydrogen-bond donors (Lipinski definition) is 1. The maximum absolute atomic E-state index is 12.2. The fourth-order valence-electron chi connectivity index (χ4n) is 2.58. The van der Waals surface area contributed by atoms with Crippen molar-refractivity contribution in [2.75, 3.05) is 18.4 Å². The van der Waals surface area contributed by atoms with Gasteiger partial charge in [-0.05, 0) is 74.2 Å². The molecule has 4 nitrogen and oxygen atoms in total. The Labute approximate surface area is 151 Å². The summed E-state index contributed by atoms with van der Waals surface area (Å²) in [5.41, 5.74) is 0.542. The van der Waals surface area contributed by atoms with E-state index in [2.05, 4.69) is 21.2 Å². The van der Waals surface area contributed by atoms with Gasteiger partial charge < -0.3 is 15.0 Å². The molecule has 6 heteroatoms. The largest absolute Gasteiger partial charge is 0.444 e. The van der Waals surface area contributed by atoms with Gasteiger partial charge in [0, 0.05) is 28.6 Å². The van der Waals surface area contributed by atoms with Crippen molar-refractivity contribution in [1.82, 2.24) is 4.90 Å².